The number of rotatable bonds is 6. The molecule has 1 aliphatic rings. The van der Waals surface area contributed by atoms with Crippen LogP contribution in [0.1, 0.15) is 18.4 Å². The molecule has 0 spiro atoms. The van der Waals surface area contributed by atoms with Gasteiger partial charge in [-0.05, 0) is 37.6 Å². The summed E-state index contributed by atoms with van der Waals surface area (Å²) in [4.78, 5) is 18.2. The first-order valence-corrected chi connectivity index (χ1v) is 11.6. The number of piperidine rings is 1. The second kappa shape index (κ2) is 9.18. The standard InChI is InChI=1S/C24H24N10O/c1-33-15-18(10-29-33)21-13-28-23-24(30-21)34(32-31-23)14-16-3-2-4-17(9-16)22-26-11-20(12-27-22)35-19-5-7-25-8-6-19/h2-4,9-13,15,19,25H,5-8,14H2,1H3. The number of ether oxygens (including phenoxy) is 1. The molecule has 11 nitrogen and oxygen atoms in total. The largest absolute Gasteiger partial charge is 0.487 e. The molecule has 5 aromatic rings. The summed E-state index contributed by atoms with van der Waals surface area (Å²) in [5.41, 5.74) is 4.68. The van der Waals surface area contributed by atoms with Gasteiger partial charge in [0.05, 0.1) is 37.0 Å². The summed E-state index contributed by atoms with van der Waals surface area (Å²) < 4.78 is 9.50. The van der Waals surface area contributed by atoms with Crippen molar-refractivity contribution >= 4 is 11.3 Å². The van der Waals surface area contributed by atoms with E-state index in [0.29, 0.717) is 29.4 Å². The first-order chi connectivity index (χ1) is 17.2. The first kappa shape index (κ1) is 21.3. The Labute approximate surface area is 201 Å². The summed E-state index contributed by atoms with van der Waals surface area (Å²) >= 11 is 0. The number of hydrogen-bond donors (Lipinski definition) is 1. The molecule has 0 amide bonds. The summed E-state index contributed by atoms with van der Waals surface area (Å²) in [6.07, 6.45) is 11.0. The van der Waals surface area contributed by atoms with Crippen molar-refractivity contribution in [1.82, 2.24) is 50.0 Å². The van der Waals surface area contributed by atoms with Gasteiger partial charge in [-0.3, -0.25) is 4.68 Å². The summed E-state index contributed by atoms with van der Waals surface area (Å²) in [6.45, 7) is 2.45. The molecule has 1 aromatic carbocycles. The van der Waals surface area contributed by atoms with Gasteiger partial charge in [0.25, 0.3) is 0 Å². The minimum atomic E-state index is 0.216. The molecule has 1 aliphatic heterocycles. The third-order valence-corrected chi connectivity index (χ3v) is 5.96. The lowest BCUT2D eigenvalue weighted by atomic mass is 10.1. The zero-order valence-corrected chi connectivity index (χ0v) is 19.2. The molecule has 6 rings (SSSR count). The number of aryl methyl sites for hydroxylation is 1. The number of hydrogen-bond acceptors (Lipinski definition) is 9. The molecule has 35 heavy (non-hydrogen) atoms. The van der Waals surface area contributed by atoms with Crippen molar-refractivity contribution in [3.63, 3.8) is 0 Å². The van der Waals surface area contributed by atoms with Crippen LogP contribution < -0.4 is 10.1 Å². The monoisotopic (exact) mass is 468 g/mol. The maximum Gasteiger partial charge on any atom is 0.221 e. The van der Waals surface area contributed by atoms with Gasteiger partial charge in [0, 0.05) is 24.4 Å². The highest BCUT2D eigenvalue weighted by Gasteiger charge is 2.15. The predicted molar refractivity (Wildman–Crippen MR) is 128 cm³/mol. The Morgan fingerprint density at radius 1 is 1.03 bits per heavy atom. The molecule has 4 aromatic heterocycles. The van der Waals surface area contributed by atoms with Crippen LogP contribution in [0.25, 0.3) is 33.9 Å². The quantitative estimate of drug-likeness (QED) is 0.400. The van der Waals surface area contributed by atoms with E-state index in [1.54, 1.807) is 34.2 Å². The molecule has 0 unspecified atom stereocenters. The van der Waals surface area contributed by atoms with Crippen molar-refractivity contribution in [1.29, 1.82) is 0 Å². The lowest BCUT2D eigenvalue weighted by Gasteiger charge is -2.23. The number of nitrogens with one attached hydrogen (secondary N) is 1. The van der Waals surface area contributed by atoms with Crippen molar-refractivity contribution in [3.05, 3.63) is 60.8 Å². The molecular formula is C24H24N10O. The number of benzene rings is 1. The maximum atomic E-state index is 6.02. The van der Waals surface area contributed by atoms with Gasteiger partial charge in [-0.25, -0.2) is 24.6 Å². The van der Waals surface area contributed by atoms with Gasteiger partial charge < -0.3 is 10.1 Å². The minimum absolute atomic E-state index is 0.216. The second-order valence-electron chi connectivity index (χ2n) is 8.56. The topological polar surface area (TPSA) is 121 Å². The highest BCUT2D eigenvalue weighted by atomic mass is 16.5. The summed E-state index contributed by atoms with van der Waals surface area (Å²) in [6, 6.07) is 8.06. The Kier molecular flexibility index (Phi) is 5.59. The molecule has 1 N–H and O–H groups in total. The molecule has 176 valence electrons. The average molecular weight is 469 g/mol. The summed E-state index contributed by atoms with van der Waals surface area (Å²) in [5.74, 6) is 1.35. The molecule has 5 heterocycles. The summed E-state index contributed by atoms with van der Waals surface area (Å²) in [5, 5.41) is 16.0. The minimum Gasteiger partial charge on any atom is -0.487 e. The second-order valence-corrected chi connectivity index (χ2v) is 8.56. The van der Waals surface area contributed by atoms with Gasteiger partial charge in [0.2, 0.25) is 5.65 Å². The van der Waals surface area contributed by atoms with Crippen molar-refractivity contribution < 1.29 is 4.74 Å². The fraction of sp³-hybridized carbons (Fsp3) is 0.292. The van der Waals surface area contributed by atoms with Gasteiger partial charge in [-0.2, -0.15) is 5.10 Å². The van der Waals surface area contributed by atoms with E-state index >= 15 is 0 Å². The van der Waals surface area contributed by atoms with Crippen LogP contribution in [-0.2, 0) is 13.6 Å². The molecule has 1 fully saturated rings. The average Bonchev–Trinajstić information content (AvgIpc) is 3.51. The Morgan fingerprint density at radius 3 is 2.69 bits per heavy atom. The number of nitrogens with zero attached hydrogens (tertiary/aromatic N) is 9. The molecule has 0 atom stereocenters. The molecule has 0 bridgehead atoms. The highest BCUT2D eigenvalue weighted by Crippen LogP contribution is 2.22. The lowest BCUT2D eigenvalue weighted by molar-refractivity contribution is 0.161. The molecule has 1 saturated heterocycles. The van der Waals surface area contributed by atoms with Crippen molar-refractivity contribution in [2.45, 2.75) is 25.5 Å². The maximum absolute atomic E-state index is 6.02. The molecule has 11 heteroatoms. The van der Waals surface area contributed by atoms with Crippen LogP contribution in [0.2, 0.25) is 0 Å². The van der Waals surface area contributed by atoms with Crippen molar-refractivity contribution in [2.24, 2.45) is 7.05 Å². The van der Waals surface area contributed by atoms with E-state index in [1.807, 2.05) is 31.4 Å². The van der Waals surface area contributed by atoms with E-state index in [-0.39, 0.29) is 6.10 Å². The van der Waals surface area contributed by atoms with Crippen LogP contribution in [-0.4, -0.2) is 63.9 Å². The smallest absolute Gasteiger partial charge is 0.221 e. The van der Waals surface area contributed by atoms with Gasteiger partial charge in [-0.15, -0.1) is 5.10 Å². The van der Waals surface area contributed by atoms with Crippen LogP contribution in [0.15, 0.2) is 55.2 Å². The lowest BCUT2D eigenvalue weighted by Crippen LogP contribution is -2.34. The third-order valence-electron chi connectivity index (χ3n) is 5.96. The molecule has 0 saturated carbocycles. The van der Waals surface area contributed by atoms with Gasteiger partial charge in [0.15, 0.2) is 17.2 Å². The van der Waals surface area contributed by atoms with Crippen LogP contribution in [0.3, 0.4) is 0 Å². The summed E-state index contributed by atoms with van der Waals surface area (Å²) in [7, 11) is 1.87. The Balaban J connectivity index is 1.21. The van der Waals surface area contributed by atoms with Gasteiger partial charge in [0.1, 0.15) is 6.10 Å². The van der Waals surface area contributed by atoms with E-state index in [2.05, 4.69) is 41.7 Å². The highest BCUT2D eigenvalue weighted by molar-refractivity contribution is 5.69. The van der Waals surface area contributed by atoms with Crippen LogP contribution in [0, 0.1) is 0 Å². The third kappa shape index (κ3) is 4.58. The van der Waals surface area contributed by atoms with Crippen molar-refractivity contribution in [3.8, 4) is 28.4 Å². The number of aromatic nitrogens is 9. The Bertz CT molecular complexity index is 1450. The Morgan fingerprint density at radius 2 is 1.89 bits per heavy atom. The molecule has 0 radical (unpaired) electrons. The van der Waals surface area contributed by atoms with Gasteiger partial charge in [-0.1, -0.05) is 23.4 Å². The van der Waals surface area contributed by atoms with E-state index < -0.39 is 0 Å². The number of fused-ring (bicyclic) bond motifs is 1. The fourth-order valence-corrected chi connectivity index (χ4v) is 4.17. The fourth-order valence-electron chi connectivity index (χ4n) is 4.17. The van der Waals surface area contributed by atoms with E-state index in [1.165, 1.54) is 0 Å². The van der Waals surface area contributed by atoms with Crippen LogP contribution in [0.5, 0.6) is 5.75 Å². The predicted octanol–water partition coefficient (Wildman–Crippen LogP) is 2.26. The van der Waals surface area contributed by atoms with E-state index in [0.717, 1.165) is 48.3 Å². The van der Waals surface area contributed by atoms with Crippen molar-refractivity contribution in [2.75, 3.05) is 13.1 Å². The van der Waals surface area contributed by atoms with E-state index in [9.17, 15) is 0 Å². The normalized spacial score (nSPS) is 14.4. The van der Waals surface area contributed by atoms with Crippen LogP contribution in [0.4, 0.5) is 0 Å². The zero-order valence-electron chi connectivity index (χ0n) is 19.2. The SMILES string of the molecule is Cn1cc(-c2cnc3nnn(Cc4cccc(-c5ncc(OC6CCNCC6)cn5)c4)c3n2)cn1. The zero-order chi connectivity index (χ0) is 23.6. The molecule has 0 aliphatic carbocycles. The molecular weight excluding hydrogens is 444 g/mol. The Hall–Kier alpha value is -4.25. The van der Waals surface area contributed by atoms with Gasteiger partial charge >= 0.3 is 0 Å². The van der Waals surface area contributed by atoms with E-state index in [4.69, 9.17) is 9.72 Å². The first-order valence-electron chi connectivity index (χ1n) is 11.6. The van der Waals surface area contributed by atoms with Crippen LogP contribution >= 0.6 is 0 Å².